The molecule has 0 aliphatic carbocycles. The van der Waals surface area contributed by atoms with Crippen LogP contribution in [0, 0.1) is 6.92 Å². The van der Waals surface area contributed by atoms with E-state index in [4.69, 9.17) is 4.74 Å². The van der Waals surface area contributed by atoms with Gasteiger partial charge in [-0.25, -0.2) is 9.97 Å². The number of aromatic nitrogens is 2. The third-order valence-corrected chi connectivity index (χ3v) is 5.30. The van der Waals surface area contributed by atoms with Gasteiger partial charge in [0, 0.05) is 34.5 Å². The summed E-state index contributed by atoms with van der Waals surface area (Å²) >= 11 is 3.40. The van der Waals surface area contributed by atoms with Gasteiger partial charge in [-0.2, -0.15) is 0 Å². The van der Waals surface area contributed by atoms with E-state index in [0.29, 0.717) is 17.9 Å². The molecular weight excluding hydrogens is 454 g/mol. The summed E-state index contributed by atoms with van der Waals surface area (Å²) < 4.78 is 6.72. The van der Waals surface area contributed by atoms with Crippen molar-refractivity contribution in [2.75, 3.05) is 0 Å². The van der Waals surface area contributed by atoms with Gasteiger partial charge in [0.25, 0.3) is 5.91 Å². The summed E-state index contributed by atoms with van der Waals surface area (Å²) in [6, 6.07) is 23.0. The highest BCUT2D eigenvalue weighted by Gasteiger charge is 2.08. The van der Waals surface area contributed by atoms with E-state index in [1.54, 1.807) is 36.7 Å². The molecule has 6 heteroatoms. The fourth-order valence-corrected chi connectivity index (χ4v) is 3.34. The van der Waals surface area contributed by atoms with Gasteiger partial charge in [0.05, 0.1) is 0 Å². The predicted molar refractivity (Wildman–Crippen MR) is 124 cm³/mol. The molecule has 0 saturated carbocycles. The van der Waals surface area contributed by atoms with Crippen LogP contribution in [-0.4, -0.2) is 15.9 Å². The maximum absolute atomic E-state index is 12.4. The van der Waals surface area contributed by atoms with E-state index in [2.05, 4.69) is 44.2 Å². The Morgan fingerprint density at radius 3 is 2.29 bits per heavy atom. The number of rotatable bonds is 6. The van der Waals surface area contributed by atoms with Crippen molar-refractivity contribution in [1.29, 1.82) is 0 Å². The van der Waals surface area contributed by atoms with Crippen LogP contribution in [0.2, 0.25) is 0 Å². The van der Waals surface area contributed by atoms with Crippen LogP contribution in [0.15, 0.2) is 89.7 Å². The van der Waals surface area contributed by atoms with E-state index >= 15 is 0 Å². The molecule has 0 aliphatic heterocycles. The molecule has 0 atom stereocenters. The van der Waals surface area contributed by atoms with Gasteiger partial charge in [-0.05, 0) is 60.0 Å². The Morgan fingerprint density at radius 2 is 1.61 bits per heavy atom. The van der Waals surface area contributed by atoms with Crippen molar-refractivity contribution in [3.63, 3.8) is 0 Å². The largest absolute Gasteiger partial charge is 0.424 e. The summed E-state index contributed by atoms with van der Waals surface area (Å²) in [5, 5.41) is 2.91. The molecule has 0 unspecified atom stereocenters. The van der Waals surface area contributed by atoms with Gasteiger partial charge in [0.15, 0.2) is 0 Å². The van der Waals surface area contributed by atoms with Crippen molar-refractivity contribution in [3.8, 4) is 22.9 Å². The zero-order chi connectivity index (χ0) is 21.6. The van der Waals surface area contributed by atoms with Crippen molar-refractivity contribution >= 4 is 21.8 Å². The zero-order valence-corrected chi connectivity index (χ0v) is 18.5. The van der Waals surface area contributed by atoms with E-state index in [1.807, 2.05) is 42.5 Å². The van der Waals surface area contributed by atoms with E-state index in [1.165, 1.54) is 0 Å². The van der Waals surface area contributed by atoms with Crippen LogP contribution in [-0.2, 0) is 6.54 Å². The Kier molecular flexibility index (Phi) is 6.38. The number of carbonyl (C=O) groups is 1. The normalized spacial score (nSPS) is 10.5. The monoisotopic (exact) mass is 473 g/mol. The molecule has 0 bridgehead atoms. The Balaban J connectivity index is 1.36. The number of hydrogen-bond acceptors (Lipinski definition) is 4. The minimum absolute atomic E-state index is 0.145. The average molecular weight is 474 g/mol. The Hall–Kier alpha value is -3.51. The molecule has 0 radical (unpaired) electrons. The van der Waals surface area contributed by atoms with E-state index in [0.717, 1.165) is 26.7 Å². The number of nitrogens with one attached hydrogen (secondary N) is 1. The molecule has 4 rings (SSSR count). The van der Waals surface area contributed by atoms with Crippen molar-refractivity contribution in [1.82, 2.24) is 15.3 Å². The molecule has 31 heavy (non-hydrogen) atoms. The lowest BCUT2D eigenvalue weighted by Crippen LogP contribution is -2.22. The van der Waals surface area contributed by atoms with Crippen LogP contribution in [0.4, 0.5) is 0 Å². The van der Waals surface area contributed by atoms with Gasteiger partial charge in [-0.1, -0.05) is 52.3 Å². The zero-order valence-electron chi connectivity index (χ0n) is 16.9. The number of hydrogen-bond donors (Lipinski definition) is 1. The van der Waals surface area contributed by atoms with Crippen molar-refractivity contribution in [3.05, 3.63) is 106 Å². The SMILES string of the molecule is Cc1ccccc1-c1cnc(Oc2ccc(C(=O)NCc3ccc(Br)cc3)cc2)nc1. The Labute approximate surface area is 189 Å². The molecule has 0 spiro atoms. The molecule has 0 aliphatic rings. The lowest BCUT2D eigenvalue weighted by Gasteiger charge is -2.08. The standard InChI is InChI=1S/C25H20BrN3O2/c1-17-4-2-3-5-23(17)20-15-28-25(29-16-20)31-22-12-8-19(9-13-22)24(30)27-14-18-6-10-21(26)11-7-18/h2-13,15-16H,14H2,1H3,(H,27,30). The smallest absolute Gasteiger partial charge is 0.321 e. The van der Waals surface area contributed by atoms with Crippen LogP contribution in [0.25, 0.3) is 11.1 Å². The topological polar surface area (TPSA) is 64.1 Å². The minimum Gasteiger partial charge on any atom is -0.424 e. The second-order valence-corrected chi connectivity index (χ2v) is 7.92. The number of ether oxygens (including phenoxy) is 1. The first-order valence-electron chi connectivity index (χ1n) is 9.77. The Bertz CT molecular complexity index is 1170. The molecule has 1 heterocycles. The second-order valence-electron chi connectivity index (χ2n) is 7.00. The fourth-order valence-electron chi connectivity index (χ4n) is 3.07. The van der Waals surface area contributed by atoms with Crippen molar-refractivity contribution < 1.29 is 9.53 Å². The first-order valence-corrected chi connectivity index (χ1v) is 10.6. The molecule has 3 aromatic carbocycles. The summed E-state index contributed by atoms with van der Waals surface area (Å²) in [7, 11) is 0. The summed E-state index contributed by atoms with van der Waals surface area (Å²) in [5.41, 5.74) is 4.77. The van der Waals surface area contributed by atoms with Crippen LogP contribution in [0.1, 0.15) is 21.5 Å². The first kappa shape index (κ1) is 20.8. The summed E-state index contributed by atoms with van der Waals surface area (Å²) in [6.45, 7) is 2.52. The summed E-state index contributed by atoms with van der Waals surface area (Å²) in [6.07, 6.45) is 3.49. The van der Waals surface area contributed by atoms with Gasteiger partial charge in [0.1, 0.15) is 5.75 Å². The minimum atomic E-state index is -0.145. The number of aryl methyl sites for hydroxylation is 1. The molecule has 5 nitrogen and oxygen atoms in total. The quantitative estimate of drug-likeness (QED) is 0.376. The molecule has 4 aromatic rings. The summed E-state index contributed by atoms with van der Waals surface area (Å²) in [4.78, 5) is 21.0. The van der Waals surface area contributed by atoms with Gasteiger partial charge >= 0.3 is 6.01 Å². The average Bonchev–Trinajstić information content (AvgIpc) is 2.80. The maximum Gasteiger partial charge on any atom is 0.321 e. The lowest BCUT2D eigenvalue weighted by molar-refractivity contribution is 0.0951. The number of amides is 1. The van der Waals surface area contributed by atoms with Gasteiger partial charge in [-0.15, -0.1) is 0 Å². The number of nitrogens with zero attached hydrogens (tertiary/aromatic N) is 2. The third-order valence-electron chi connectivity index (χ3n) is 4.78. The van der Waals surface area contributed by atoms with Gasteiger partial charge in [-0.3, -0.25) is 4.79 Å². The van der Waals surface area contributed by atoms with Crippen LogP contribution in [0.3, 0.4) is 0 Å². The molecule has 1 amide bonds. The van der Waals surface area contributed by atoms with Crippen LogP contribution < -0.4 is 10.1 Å². The molecule has 0 fully saturated rings. The van der Waals surface area contributed by atoms with Gasteiger partial charge < -0.3 is 10.1 Å². The van der Waals surface area contributed by atoms with E-state index in [9.17, 15) is 4.79 Å². The molecule has 154 valence electrons. The molecule has 1 aromatic heterocycles. The van der Waals surface area contributed by atoms with Gasteiger partial charge in [0.2, 0.25) is 0 Å². The van der Waals surface area contributed by atoms with E-state index in [-0.39, 0.29) is 11.9 Å². The second kappa shape index (κ2) is 9.53. The summed E-state index contributed by atoms with van der Waals surface area (Å²) in [5.74, 6) is 0.418. The fraction of sp³-hybridized carbons (Fsp3) is 0.0800. The number of benzene rings is 3. The lowest BCUT2D eigenvalue weighted by atomic mass is 10.0. The van der Waals surface area contributed by atoms with Crippen molar-refractivity contribution in [2.45, 2.75) is 13.5 Å². The predicted octanol–water partition coefficient (Wildman–Crippen LogP) is 5.94. The maximum atomic E-state index is 12.4. The number of halogens is 1. The molecule has 1 N–H and O–H groups in total. The van der Waals surface area contributed by atoms with Crippen LogP contribution in [0.5, 0.6) is 11.8 Å². The third kappa shape index (κ3) is 5.35. The number of carbonyl (C=O) groups excluding carboxylic acids is 1. The molecule has 0 saturated heterocycles. The first-order chi connectivity index (χ1) is 15.1. The van der Waals surface area contributed by atoms with Crippen molar-refractivity contribution in [2.24, 2.45) is 0 Å². The highest BCUT2D eigenvalue weighted by molar-refractivity contribution is 9.10. The highest BCUT2D eigenvalue weighted by Crippen LogP contribution is 2.24. The Morgan fingerprint density at radius 1 is 0.935 bits per heavy atom. The van der Waals surface area contributed by atoms with E-state index < -0.39 is 0 Å². The van der Waals surface area contributed by atoms with Crippen LogP contribution >= 0.6 is 15.9 Å². The molecular formula is C25H20BrN3O2. The highest BCUT2D eigenvalue weighted by atomic mass is 79.9.